The molecule has 0 heterocycles. The van der Waals surface area contributed by atoms with E-state index >= 15 is 0 Å². The van der Waals surface area contributed by atoms with Crippen LogP contribution in [-0.2, 0) is 38.3 Å². The van der Waals surface area contributed by atoms with Crippen LogP contribution < -0.4 is 0 Å². The Morgan fingerprint density at radius 3 is 0.273 bits per heavy atom. The van der Waals surface area contributed by atoms with E-state index in [-0.39, 0.29) is 166 Å². The van der Waals surface area contributed by atoms with Gasteiger partial charge in [-0.1, -0.05) is 0 Å². The van der Waals surface area contributed by atoms with Crippen molar-refractivity contribution >= 4 is 47.8 Å². The van der Waals surface area contributed by atoms with E-state index in [0.29, 0.717) is 0 Å². The number of hydrogen-bond acceptors (Lipinski definition) is 0. The molecule has 0 rings (SSSR count). The molecule has 0 N–H and O–H groups in total. The van der Waals surface area contributed by atoms with Crippen LogP contribution in [0.25, 0.3) is 0 Å². The molecule has 11 heavy (non-hydrogen) atoms. The first-order valence-corrected chi connectivity index (χ1v) is 0. The zero-order chi connectivity index (χ0) is 0. The summed E-state index contributed by atoms with van der Waals surface area (Å²) in [5, 5.41) is 0. The van der Waals surface area contributed by atoms with E-state index in [1.165, 1.54) is 0 Å². The summed E-state index contributed by atoms with van der Waals surface area (Å²) >= 11 is 0. The van der Waals surface area contributed by atoms with E-state index in [1.807, 2.05) is 0 Å². The van der Waals surface area contributed by atoms with E-state index < -0.39 is 0 Å². The molecule has 2 radical (unpaired) electrons. The van der Waals surface area contributed by atoms with Gasteiger partial charge in [-0.15, -0.1) is 0 Å². The van der Waals surface area contributed by atoms with Crippen molar-refractivity contribution in [2.75, 3.05) is 0 Å². The van der Waals surface area contributed by atoms with Crippen molar-refractivity contribution in [1.82, 2.24) is 0 Å². The monoisotopic (exact) mass is 668 g/mol. The summed E-state index contributed by atoms with van der Waals surface area (Å²) in [7, 11) is 0. The molecule has 0 spiro atoms. The normalized spacial score (nSPS) is 0. The van der Waals surface area contributed by atoms with Crippen molar-refractivity contribution in [1.29, 1.82) is 0 Å². The Hall–Kier alpha value is 3.97. The first kappa shape index (κ1) is 186. The minimum absolute atomic E-state index is 0. The molecular formula is Gd2O7Sn2. The van der Waals surface area contributed by atoms with Crippen molar-refractivity contribution in [3.05, 3.63) is 0 Å². The molecular weight excluding hydrogens is 664 g/mol. The molecule has 0 bridgehead atoms. The topological polar surface area (TPSA) is 200 Å². The van der Waals surface area contributed by atoms with Gasteiger partial charge in [-0.2, -0.15) is 0 Å². The Morgan fingerprint density at radius 1 is 0.273 bits per heavy atom. The summed E-state index contributed by atoms with van der Waals surface area (Å²) in [4.78, 5) is 0. The van der Waals surface area contributed by atoms with Gasteiger partial charge in [-0.25, -0.2) is 0 Å². The Kier molecular flexibility index (Phi) is 2520. The fraction of sp³-hybridized carbons (Fsp3) is 0. The van der Waals surface area contributed by atoms with E-state index in [4.69, 9.17) is 0 Å². The van der Waals surface area contributed by atoms with Gasteiger partial charge in [0.2, 0.25) is 0 Å². The average molecular weight is 664 g/mol. The Balaban J connectivity index is 0. The van der Waals surface area contributed by atoms with Crippen molar-refractivity contribution in [3.8, 4) is 0 Å². The van der Waals surface area contributed by atoms with Crippen LogP contribution in [0.2, 0.25) is 0 Å². The zero-order valence-electron chi connectivity index (χ0n) is 4.56. The van der Waals surface area contributed by atoms with Crippen LogP contribution in [0.1, 0.15) is 0 Å². The maximum absolute atomic E-state index is 0. The molecule has 11 heteroatoms. The van der Waals surface area contributed by atoms with Crippen LogP contribution in [0.5, 0.6) is 0 Å². The zero-order valence-corrected chi connectivity index (χ0v) is 14.8. The summed E-state index contributed by atoms with van der Waals surface area (Å²) in [5.74, 6) is 0. The quantitative estimate of drug-likeness (QED) is 0.269. The second-order valence-electron chi connectivity index (χ2n) is 0. The maximum atomic E-state index is 0. The van der Waals surface area contributed by atoms with Crippen LogP contribution in [0.3, 0.4) is 0 Å². The average Bonchev–Trinajstić information content (AvgIpc) is 0. The predicted octanol–water partition coefficient (Wildman–Crippen LogP) is -1.59. The Labute approximate surface area is 162 Å². The molecule has 0 atom stereocenters. The van der Waals surface area contributed by atoms with Gasteiger partial charge in [-0.05, 0) is 0 Å². The van der Waals surface area contributed by atoms with Crippen LogP contribution in [0.4, 0.5) is 0 Å². The fourth-order valence-corrected chi connectivity index (χ4v) is 0. The molecule has 0 saturated heterocycles. The first-order valence-electron chi connectivity index (χ1n) is 0. The van der Waals surface area contributed by atoms with Gasteiger partial charge in [0.25, 0.3) is 0 Å². The summed E-state index contributed by atoms with van der Waals surface area (Å²) in [5.41, 5.74) is 0. The number of rotatable bonds is 0. The fourth-order valence-electron chi connectivity index (χ4n) is 0. The molecule has 7 nitrogen and oxygen atoms in total. The van der Waals surface area contributed by atoms with E-state index in [1.54, 1.807) is 0 Å². The maximum Gasteiger partial charge on any atom is 4.00 e. The third kappa shape index (κ3) is 127. The molecule has 0 fully saturated rings. The van der Waals surface area contributed by atoms with Crippen LogP contribution in [0, 0.1) is 79.9 Å². The molecule has 0 aromatic heterocycles. The summed E-state index contributed by atoms with van der Waals surface area (Å²) in [6.45, 7) is 0. The molecule has 0 aliphatic carbocycles. The molecule has 0 aromatic carbocycles. The molecule has 0 aromatic rings. The molecule has 66 valence electrons. The van der Waals surface area contributed by atoms with Gasteiger partial charge in [0.05, 0.1) is 0 Å². The van der Waals surface area contributed by atoms with Gasteiger partial charge < -0.3 is 38.3 Å². The molecule has 0 aliphatic rings. The van der Waals surface area contributed by atoms with E-state index in [2.05, 4.69) is 0 Å². The largest absolute Gasteiger partial charge is 4.00 e. The summed E-state index contributed by atoms with van der Waals surface area (Å²) in [6, 6.07) is 0. The van der Waals surface area contributed by atoms with Crippen molar-refractivity contribution in [2.24, 2.45) is 0 Å². The third-order valence-electron chi connectivity index (χ3n) is 0. The minimum atomic E-state index is 0. The standard InChI is InChI=1S/2Gd.7O.2Sn/q2*+3;7*-2;2*+4. The van der Waals surface area contributed by atoms with Crippen molar-refractivity contribution < 1.29 is 118 Å². The summed E-state index contributed by atoms with van der Waals surface area (Å²) in [6.07, 6.45) is 0. The van der Waals surface area contributed by atoms with Gasteiger partial charge in [-0.3, -0.25) is 0 Å². The van der Waals surface area contributed by atoms with Gasteiger partial charge in [0.15, 0.2) is 0 Å². The predicted molar refractivity (Wildman–Crippen MR) is 16.3 cm³/mol. The van der Waals surface area contributed by atoms with Crippen LogP contribution in [0.15, 0.2) is 0 Å². The number of hydrogen-bond donors (Lipinski definition) is 0. The van der Waals surface area contributed by atoms with Crippen molar-refractivity contribution in [2.45, 2.75) is 0 Å². The molecule has 0 unspecified atom stereocenters. The molecule has 0 aliphatic heterocycles. The first-order chi connectivity index (χ1) is 0. The van der Waals surface area contributed by atoms with Crippen LogP contribution >= 0.6 is 0 Å². The van der Waals surface area contributed by atoms with Gasteiger partial charge >= 0.3 is 128 Å². The molecule has 0 saturated carbocycles. The third-order valence-corrected chi connectivity index (χ3v) is 0. The Bertz CT molecular complexity index is 14.4. The van der Waals surface area contributed by atoms with Gasteiger partial charge in [0, 0.05) is 0 Å². The SMILES string of the molecule is [Gd+3].[Gd+3].[O-2].[O-2].[O-2].[O-2].[O-2].[O-2].[O-2].[Sn+4].[Sn+4]. The minimum Gasteiger partial charge on any atom is -2.00 e. The van der Waals surface area contributed by atoms with Crippen molar-refractivity contribution in [3.63, 3.8) is 0 Å². The second-order valence-corrected chi connectivity index (χ2v) is 0. The van der Waals surface area contributed by atoms with Gasteiger partial charge in [0.1, 0.15) is 0 Å². The smallest absolute Gasteiger partial charge is 2.00 e. The Morgan fingerprint density at radius 2 is 0.273 bits per heavy atom. The molecule has 0 amide bonds. The van der Waals surface area contributed by atoms with E-state index in [0.717, 1.165) is 0 Å². The van der Waals surface area contributed by atoms with Crippen LogP contribution in [-0.4, -0.2) is 47.8 Å². The second kappa shape index (κ2) is 149. The van der Waals surface area contributed by atoms with E-state index in [9.17, 15) is 0 Å². The summed E-state index contributed by atoms with van der Waals surface area (Å²) < 4.78 is 0.